The van der Waals surface area contributed by atoms with Crippen LogP contribution >= 0.6 is 0 Å². The molecule has 2 heteroatoms. The van der Waals surface area contributed by atoms with Gasteiger partial charge in [0.15, 0.2) is 0 Å². The van der Waals surface area contributed by atoms with Crippen LogP contribution in [0, 0.1) is 5.92 Å². The standard InChI is InChI=1S/C11H20N2/c1-2-5-9-8-10(9)13-11-6-3-4-7-12-11/h9-10H,2-8H2,1H3,(H,12,13). The monoisotopic (exact) mass is 180 g/mol. The van der Waals surface area contributed by atoms with Crippen molar-refractivity contribution in [1.29, 1.82) is 0 Å². The van der Waals surface area contributed by atoms with E-state index >= 15 is 0 Å². The van der Waals surface area contributed by atoms with Crippen molar-refractivity contribution in [2.24, 2.45) is 10.9 Å². The molecule has 1 saturated carbocycles. The Bertz CT molecular complexity index is 198. The van der Waals surface area contributed by atoms with E-state index in [1.807, 2.05) is 0 Å². The molecule has 0 saturated heterocycles. The molecule has 0 aromatic rings. The fourth-order valence-corrected chi connectivity index (χ4v) is 2.14. The minimum Gasteiger partial charge on any atom is -0.371 e. The van der Waals surface area contributed by atoms with Gasteiger partial charge in [-0.05, 0) is 31.6 Å². The van der Waals surface area contributed by atoms with Crippen molar-refractivity contribution in [3.8, 4) is 0 Å². The number of hydrogen-bond acceptors (Lipinski definition) is 2. The van der Waals surface area contributed by atoms with Gasteiger partial charge in [-0.1, -0.05) is 13.3 Å². The zero-order valence-corrected chi connectivity index (χ0v) is 8.55. The molecule has 13 heavy (non-hydrogen) atoms. The predicted molar refractivity (Wildman–Crippen MR) is 56.1 cm³/mol. The molecule has 74 valence electrons. The summed E-state index contributed by atoms with van der Waals surface area (Å²) in [6.45, 7) is 3.32. The van der Waals surface area contributed by atoms with Crippen molar-refractivity contribution >= 4 is 5.84 Å². The molecular weight excluding hydrogens is 160 g/mol. The fourth-order valence-electron chi connectivity index (χ4n) is 2.14. The molecule has 1 heterocycles. The Hall–Kier alpha value is -0.530. The Kier molecular flexibility index (Phi) is 2.87. The third kappa shape index (κ3) is 2.45. The summed E-state index contributed by atoms with van der Waals surface area (Å²) in [6, 6.07) is 0.775. The van der Waals surface area contributed by atoms with Crippen LogP contribution in [0.2, 0.25) is 0 Å². The number of hydrogen-bond donors (Lipinski definition) is 1. The van der Waals surface area contributed by atoms with Gasteiger partial charge in [-0.15, -0.1) is 0 Å². The van der Waals surface area contributed by atoms with Crippen LogP contribution < -0.4 is 5.32 Å². The first-order valence-corrected chi connectivity index (χ1v) is 5.70. The molecule has 2 aliphatic rings. The highest BCUT2D eigenvalue weighted by Crippen LogP contribution is 2.34. The molecule has 1 fully saturated rings. The van der Waals surface area contributed by atoms with Gasteiger partial charge in [0.1, 0.15) is 0 Å². The van der Waals surface area contributed by atoms with Crippen LogP contribution in [0.15, 0.2) is 4.99 Å². The van der Waals surface area contributed by atoms with E-state index in [9.17, 15) is 0 Å². The summed E-state index contributed by atoms with van der Waals surface area (Å²) >= 11 is 0. The van der Waals surface area contributed by atoms with Gasteiger partial charge in [-0.2, -0.15) is 0 Å². The molecule has 1 N–H and O–H groups in total. The summed E-state index contributed by atoms with van der Waals surface area (Å²) in [7, 11) is 0. The molecule has 0 amide bonds. The average Bonchev–Trinajstić information content (AvgIpc) is 2.86. The van der Waals surface area contributed by atoms with Crippen LogP contribution in [0.25, 0.3) is 0 Å². The second-order valence-electron chi connectivity index (χ2n) is 4.32. The van der Waals surface area contributed by atoms with Gasteiger partial charge < -0.3 is 5.32 Å². The molecule has 1 aliphatic carbocycles. The highest BCUT2D eigenvalue weighted by molar-refractivity contribution is 5.83. The Balaban J connectivity index is 1.71. The molecule has 0 radical (unpaired) electrons. The van der Waals surface area contributed by atoms with Crippen LogP contribution in [0.1, 0.15) is 45.4 Å². The van der Waals surface area contributed by atoms with Gasteiger partial charge in [0.2, 0.25) is 0 Å². The minimum absolute atomic E-state index is 0.775. The smallest absolute Gasteiger partial charge is 0.0965 e. The Morgan fingerprint density at radius 1 is 1.46 bits per heavy atom. The largest absolute Gasteiger partial charge is 0.371 e. The average molecular weight is 180 g/mol. The summed E-state index contributed by atoms with van der Waals surface area (Å²) in [5.74, 6) is 2.24. The van der Waals surface area contributed by atoms with Crippen LogP contribution in [0.5, 0.6) is 0 Å². The lowest BCUT2D eigenvalue weighted by Gasteiger charge is -2.13. The maximum Gasteiger partial charge on any atom is 0.0965 e. The third-order valence-corrected chi connectivity index (χ3v) is 3.06. The van der Waals surface area contributed by atoms with Gasteiger partial charge in [0, 0.05) is 19.0 Å². The van der Waals surface area contributed by atoms with Gasteiger partial charge in [0.05, 0.1) is 5.84 Å². The number of amidine groups is 1. The van der Waals surface area contributed by atoms with Crippen molar-refractivity contribution < 1.29 is 0 Å². The second kappa shape index (κ2) is 4.12. The van der Waals surface area contributed by atoms with E-state index in [1.54, 1.807) is 0 Å². The lowest BCUT2D eigenvalue weighted by molar-refractivity contribution is 0.646. The topological polar surface area (TPSA) is 24.4 Å². The number of nitrogens with zero attached hydrogens (tertiary/aromatic N) is 1. The van der Waals surface area contributed by atoms with E-state index < -0.39 is 0 Å². The molecule has 0 bridgehead atoms. The lowest BCUT2D eigenvalue weighted by atomic mass is 10.2. The first-order chi connectivity index (χ1) is 6.40. The Morgan fingerprint density at radius 2 is 2.38 bits per heavy atom. The van der Waals surface area contributed by atoms with Gasteiger partial charge >= 0.3 is 0 Å². The summed E-state index contributed by atoms with van der Waals surface area (Å²) < 4.78 is 0. The van der Waals surface area contributed by atoms with Gasteiger partial charge in [-0.3, -0.25) is 4.99 Å². The van der Waals surface area contributed by atoms with Crippen molar-refractivity contribution in [1.82, 2.24) is 5.32 Å². The van der Waals surface area contributed by atoms with Crippen molar-refractivity contribution in [2.45, 2.75) is 51.5 Å². The number of rotatable bonds is 3. The molecule has 1 aliphatic heterocycles. The number of aliphatic imine (C=N–C) groups is 1. The molecule has 2 unspecified atom stereocenters. The lowest BCUT2D eigenvalue weighted by Crippen LogP contribution is -2.28. The maximum absolute atomic E-state index is 4.51. The van der Waals surface area contributed by atoms with E-state index in [4.69, 9.17) is 0 Å². The second-order valence-corrected chi connectivity index (χ2v) is 4.32. The van der Waals surface area contributed by atoms with E-state index in [1.165, 1.54) is 44.4 Å². The van der Waals surface area contributed by atoms with E-state index in [2.05, 4.69) is 17.2 Å². The van der Waals surface area contributed by atoms with Crippen LogP contribution in [0.3, 0.4) is 0 Å². The van der Waals surface area contributed by atoms with Crippen molar-refractivity contribution in [3.05, 3.63) is 0 Å². The zero-order valence-electron chi connectivity index (χ0n) is 8.55. The first-order valence-electron chi connectivity index (χ1n) is 5.70. The van der Waals surface area contributed by atoms with Crippen molar-refractivity contribution in [3.63, 3.8) is 0 Å². The van der Waals surface area contributed by atoms with E-state index in [-0.39, 0.29) is 0 Å². The molecule has 2 atom stereocenters. The minimum atomic E-state index is 0.775. The molecule has 0 aromatic heterocycles. The van der Waals surface area contributed by atoms with Gasteiger partial charge in [0.25, 0.3) is 0 Å². The third-order valence-electron chi connectivity index (χ3n) is 3.06. The molecule has 2 rings (SSSR count). The molecule has 2 nitrogen and oxygen atoms in total. The summed E-state index contributed by atoms with van der Waals surface area (Å²) in [5, 5.41) is 3.58. The van der Waals surface area contributed by atoms with Crippen molar-refractivity contribution in [2.75, 3.05) is 6.54 Å². The SMILES string of the molecule is CCCC1CC1NC1=NCCCC1. The van der Waals surface area contributed by atoms with E-state index in [0.29, 0.717) is 0 Å². The summed E-state index contributed by atoms with van der Waals surface area (Å²) in [5.41, 5.74) is 0. The fraction of sp³-hybridized carbons (Fsp3) is 0.909. The maximum atomic E-state index is 4.51. The van der Waals surface area contributed by atoms with Gasteiger partial charge in [-0.25, -0.2) is 0 Å². The van der Waals surface area contributed by atoms with Crippen LogP contribution in [-0.2, 0) is 0 Å². The molecule has 0 aromatic carbocycles. The highest BCUT2D eigenvalue weighted by atomic mass is 15.1. The quantitative estimate of drug-likeness (QED) is 0.708. The summed E-state index contributed by atoms with van der Waals surface area (Å²) in [6.07, 6.45) is 7.91. The first kappa shape index (κ1) is 9.04. The van der Waals surface area contributed by atoms with E-state index in [0.717, 1.165) is 18.5 Å². The normalized spacial score (nSPS) is 32.5. The Labute approximate surface area is 80.8 Å². The Morgan fingerprint density at radius 3 is 3.08 bits per heavy atom. The number of nitrogens with one attached hydrogen (secondary N) is 1. The molecular formula is C11H20N2. The predicted octanol–water partition coefficient (Wildman–Crippen LogP) is 2.35. The van der Waals surface area contributed by atoms with Crippen LogP contribution in [0.4, 0.5) is 0 Å². The molecule has 0 spiro atoms. The zero-order chi connectivity index (χ0) is 9.10. The highest BCUT2D eigenvalue weighted by Gasteiger charge is 2.36. The van der Waals surface area contributed by atoms with Crippen LogP contribution in [-0.4, -0.2) is 18.4 Å². The summed E-state index contributed by atoms with van der Waals surface area (Å²) in [4.78, 5) is 4.51.